The second-order valence-electron chi connectivity index (χ2n) is 7.67. The van der Waals surface area contributed by atoms with E-state index in [9.17, 15) is 18.0 Å². The van der Waals surface area contributed by atoms with Crippen LogP contribution in [0, 0.1) is 0 Å². The predicted molar refractivity (Wildman–Crippen MR) is 134 cm³/mol. The molecule has 3 aromatic heterocycles. The van der Waals surface area contributed by atoms with E-state index in [0.717, 1.165) is 31.3 Å². The molecule has 0 amide bonds. The van der Waals surface area contributed by atoms with Crippen LogP contribution in [0.4, 0.5) is 18.9 Å². The van der Waals surface area contributed by atoms with E-state index >= 15 is 0 Å². The lowest BCUT2D eigenvalue weighted by molar-refractivity contribution is -0.686. The SMILES string of the molecule is CCn1c(=O)/c(=C2\Sc3cc(Cl)ccc3N2C)s/c1=C\c1scc[n+]1Cc1ccc(C(F)(F)F)o1.[Cl-]. The van der Waals surface area contributed by atoms with Crippen LogP contribution in [0.3, 0.4) is 0 Å². The van der Waals surface area contributed by atoms with E-state index in [-0.39, 0.29) is 30.3 Å². The zero-order chi connectivity index (χ0) is 24.9. The number of benzene rings is 1. The summed E-state index contributed by atoms with van der Waals surface area (Å²) in [6, 6.07) is 7.91. The molecular weight excluding hydrogens is 574 g/mol. The molecule has 0 N–H and O–H groups in total. The van der Waals surface area contributed by atoms with Crippen LogP contribution >= 0.6 is 46.0 Å². The van der Waals surface area contributed by atoms with E-state index in [1.807, 2.05) is 48.5 Å². The highest BCUT2D eigenvalue weighted by atomic mass is 35.5. The quantitative estimate of drug-likeness (QED) is 0.339. The molecule has 0 fully saturated rings. The fourth-order valence-electron chi connectivity index (χ4n) is 3.75. The van der Waals surface area contributed by atoms with Crippen LogP contribution in [0.2, 0.25) is 5.02 Å². The highest BCUT2D eigenvalue weighted by Crippen LogP contribution is 2.46. The minimum atomic E-state index is -4.52. The molecule has 4 aromatic rings. The first-order valence-corrected chi connectivity index (χ1v) is 13.3. The third kappa shape index (κ3) is 4.99. The molecule has 0 unspecified atom stereocenters. The van der Waals surface area contributed by atoms with Gasteiger partial charge < -0.3 is 21.7 Å². The van der Waals surface area contributed by atoms with Crippen molar-refractivity contribution in [1.82, 2.24) is 4.57 Å². The number of aromatic nitrogens is 2. The van der Waals surface area contributed by atoms with Crippen molar-refractivity contribution in [2.24, 2.45) is 0 Å². The average Bonchev–Trinajstić information content (AvgIpc) is 3.56. The Kier molecular flexibility index (Phi) is 7.68. The molecular formula is C23H18Cl2F3N3O2S3. The maximum atomic E-state index is 13.3. The van der Waals surface area contributed by atoms with Gasteiger partial charge in [-0.15, -0.1) is 11.3 Å². The highest BCUT2D eigenvalue weighted by Gasteiger charge is 2.35. The Hall–Kier alpha value is -2.18. The predicted octanol–water partition coefficient (Wildman–Crippen LogP) is 1.73. The molecule has 1 aliphatic heterocycles. The van der Waals surface area contributed by atoms with E-state index in [4.69, 9.17) is 16.0 Å². The molecule has 0 saturated heterocycles. The molecule has 0 atom stereocenters. The Morgan fingerprint density at radius 3 is 2.69 bits per heavy atom. The lowest BCUT2D eigenvalue weighted by atomic mass is 10.3. The van der Waals surface area contributed by atoms with Gasteiger partial charge >= 0.3 is 6.18 Å². The maximum Gasteiger partial charge on any atom is 0.449 e. The summed E-state index contributed by atoms with van der Waals surface area (Å²) < 4.78 is 48.5. The average molecular weight is 593 g/mol. The number of nitrogens with zero attached hydrogens (tertiary/aromatic N) is 3. The molecule has 4 heterocycles. The summed E-state index contributed by atoms with van der Waals surface area (Å²) in [7, 11) is 1.92. The first-order chi connectivity index (χ1) is 16.7. The van der Waals surface area contributed by atoms with Crippen molar-refractivity contribution in [3.05, 3.63) is 83.0 Å². The van der Waals surface area contributed by atoms with Gasteiger partial charge in [0, 0.05) is 23.5 Å². The lowest BCUT2D eigenvalue weighted by Crippen LogP contribution is -3.00. The normalized spacial score (nSPS) is 15.4. The second-order valence-corrected chi connectivity index (χ2v) is 11.1. The van der Waals surface area contributed by atoms with Gasteiger partial charge in [-0.1, -0.05) is 34.7 Å². The summed E-state index contributed by atoms with van der Waals surface area (Å²) >= 11 is 10.5. The van der Waals surface area contributed by atoms with Gasteiger partial charge in [0.05, 0.1) is 17.1 Å². The molecule has 1 aromatic carbocycles. The Bertz CT molecular complexity index is 1600. The van der Waals surface area contributed by atoms with Gasteiger partial charge in [0.2, 0.25) is 12.3 Å². The number of thiazole rings is 2. The van der Waals surface area contributed by atoms with Crippen LogP contribution in [0.25, 0.3) is 11.1 Å². The first-order valence-electron chi connectivity index (χ1n) is 10.5. The van der Waals surface area contributed by atoms with Gasteiger partial charge in [-0.25, -0.2) is 0 Å². The number of rotatable bonds is 4. The number of thioether (sulfide) groups is 1. The Balaban J connectivity index is 0.00000304. The standard InChI is InChI=1S/C23H18ClF3N3O2S3.ClH/c1-3-30-19(11-18-29(8-9-33-18)12-14-5-7-17(32-14)23(25,26)27)35-20(21(30)31)22-28(2)15-6-4-13(24)10-16(15)34-22;/h4-11H,3,12H2,1-2H3;1H/q+1;/p-1/b22-20+;. The summed E-state index contributed by atoms with van der Waals surface area (Å²) in [5.74, 6) is -0.819. The lowest BCUT2D eigenvalue weighted by Gasteiger charge is -2.12. The number of halogens is 5. The van der Waals surface area contributed by atoms with E-state index in [1.54, 1.807) is 15.3 Å². The third-order valence-electron chi connectivity index (χ3n) is 5.44. The fraction of sp³-hybridized carbons (Fsp3) is 0.217. The van der Waals surface area contributed by atoms with Crippen molar-refractivity contribution in [2.75, 3.05) is 11.9 Å². The third-order valence-corrected chi connectivity index (χ3v) is 9.00. The Morgan fingerprint density at radius 1 is 1.22 bits per heavy atom. The number of anilines is 1. The van der Waals surface area contributed by atoms with Crippen molar-refractivity contribution in [3.8, 4) is 0 Å². The Morgan fingerprint density at radius 2 is 2.00 bits per heavy atom. The van der Waals surface area contributed by atoms with Crippen LogP contribution in [0.5, 0.6) is 0 Å². The van der Waals surface area contributed by atoms with Gasteiger partial charge in [-0.05, 0) is 37.3 Å². The van der Waals surface area contributed by atoms with Crippen LogP contribution in [-0.4, -0.2) is 11.6 Å². The molecule has 36 heavy (non-hydrogen) atoms. The zero-order valence-corrected chi connectivity index (χ0v) is 22.8. The van der Waals surface area contributed by atoms with E-state index in [2.05, 4.69) is 0 Å². The van der Waals surface area contributed by atoms with Crippen molar-refractivity contribution in [3.63, 3.8) is 0 Å². The fourth-order valence-corrected chi connectivity index (χ4v) is 7.34. The van der Waals surface area contributed by atoms with Crippen molar-refractivity contribution >= 4 is 62.8 Å². The first kappa shape index (κ1) is 26.9. The van der Waals surface area contributed by atoms with Crippen LogP contribution in [0.1, 0.15) is 23.5 Å². The molecule has 0 saturated carbocycles. The summed E-state index contributed by atoms with van der Waals surface area (Å²) in [5, 5.41) is 4.11. The molecule has 0 bridgehead atoms. The summed E-state index contributed by atoms with van der Waals surface area (Å²) in [5.41, 5.74) is 0.907. The summed E-state index contributed by atoms with van der Waals surface area (Å²) in [6.07, 6.45) is -0.850. The van der Waals surface area contributed by atoms with Crippen LogP contribution < -0.4 is 36.6 Å². The molecule has 0 aliphatic carbocycles. The smallest absolute Gasteiger partial charge is 0.449 e. The van der Waals surface area contributed by atoms with E-state index in [1.165, 1.54) is 40.5 Å². The van der Waals surface area contributed by atoms with Gasteiger partial charge in [0.15, 0.2) is 12.0 Å². The van der Waals surface area contributed by atoms with Gasteiger partial charge in [-0.3, -0.25) is 9.36 Å². The zero-order valence-electron chi connectivity index (χ0n) is 18.8. The number of fused-ring (bicyclic) bond motifs is 1. The molecule has 5 rings (SSSR count). The maximum absolute atomic E-state index is 13.3. The van der Waals surface area contributed by atoms with Gasteiger partial charge in [-0.2, -0.15) is 17.7 Å². The van der Waals surface area contributed by atoms with Crippen LogP contribution in [-0.2, 0) is 19.3 Å². The monoisotopic (exact) mass is 591 g/mol. The second kappa shape index (κ2) is 10.3. The largest absolute Gasteiger partial charge is 1.00 e. The summed E-state index contributed by atoms with van der Waals surface area (Å²) in [4.78, 5) is 16.3. The molecule has 190 valence electrons. The molecule has 0 spiro atoms. The van der Waals surface area contributed by atoms with Crippen molar-refractivity contribution in [2.45, 2.75) is 31.1 Å². The Labute approximate surface area is 227 Å². The van der Waals surface area contributed by atoms with Gasteiger partial charge in [0.25, 0.3) is 10.6 Å². The summed E-state index contributed by atoms with van der Waals surface area (Å²) in [6.45, 7) is 2.54. The minimum Gasteiger partial charge on any atom is -1.00 e. The number of alkyl halides is 3. The highest BCUT2D eigenvalue weighted by molar-refractivity contribution is 8.08. The number of hydrogen-bond acceptors (Lipinski definition) is 6. The number of furan rings is 1. The molecule has 13 heteroatoms. The van der Waals surface area contributed by atoms with Crippen LogP contribution in [0.15, 0.2) is 56.0 Å². The topological polar surface area (TPSA) is 42.3 Å². The minimum absolute atomic E-state index is 0. The molecule has 5 nitrogen and oxygen atoms in total. The van der Waals surface area contributed by atoms with E-state index in [0.29, 0.717) is 16.1 Å². The van der Waals surface area contributed by atoms with Crippen molar-refractivity contribution < 1.29 is 34.6 Å². The van der Waals surface area contributed by atoms with Crippen molar-refractivity contribution in [1.29, 1.82) is 0 Å². The van der Waals surface area contributed by atoms with Gasteiger partial charge in [0.1, 0.15) is 14.2 Å². The molecule has 0 radical (unpaired) electrons. The van der Waals surface area contributed by atoms with E-state index < -0.39 is 11.9 Å². The number of hydrogen-bond donors (Lipinski definition) is 0. The molecule has 1 aliphatic rings.